The van der Waals surface area contributed by atoms with Crippen molar-refractivity contribution in [1.82, 2.24) is 9.88 Å². The molecule has 1 aromatic heterocycles. The maximum Gasteiger partial charge on any atom is 0.273 e. The van der Waals surface area contributed by atoms with Gasteiger partial charge in [-0.2, -0.15) is 0 Å². The monoisotopic (exact) mass is 438 g/mol. The Morgan fingerprint density at radius 1 is 1.19 bits per heavy atom. The number of nitrogens with one attached hydrogen (secondary N) is 2. The van der Waals surface area contributed by atoms with Crippen LogP contribution in [-0.2, 0) is 4.79 Å². The maximum atomic E-state index is 12.6. The van der Waals surface area contributed by atoms with Crippen molar-refractivity contribution >= 4 is 28.2 Å². The predicted molar refractivity (Wildman–Crippen MR) is 122 cm³/mol. The number of anilines is 1. The third kappa shape index (κ3) is 4.52. The Bertz CT molecular complexity index is 1130. The molecule has 1 aliphatic heterocycles. The Morgan fingerprint density at radius 2 is 1.97 bits per heavy atom. The second-order valence-electron chi connectivity index (χ2n) is 7.90. The van der Waals surface area contributed by atoms with Gasteiger partial charge in [0.1, 0.15) is 11.5 Å². The molecule has 9 heteroatoms. The highest BCUT2D eigenvalue weighted by molar-refractivity contribution is 5.94. The molecule has 1 saturated heterocycles. The summed E-state index contributed by atoms with van der Waals surface area (Å²) in [5.41, 5.74) is 2.72. The minimum Gasteiger partial charge on any atom is -0.497 e. The van der Waals surface area contributed by atoms with Gasteiger partial charge in [0, 0.05) is 23.2 Å². The van der Waals surface area contributed by atoms with Crippen molar-refractivity contribution in [2.45, 2.75) is 18.8 Å². The SMILES string of the molecule is COc1ccc2[nH]cc(C3CCN(CC(=O)Nc4ccc([N+](=O)[O-])cc4OC)CC3)c2c1. The van der Waals surface area contributed by atoms with Crippen LogP contribution >= 0.6 is 0 Å². The van der Waals surface area contributed by atoms with E-state index in [0.717, 1.165) is 37.2 Å². The van der Waals surface area contributed by atoms with Gasteiger partial charge in [-0.15, -0.1) is 0 Å². The number of rotatable bonds is 7. The molecule has 1 amide bonds. The zero-order valence-electron chi connectivity index (χ0n) is 18.1. The van der Waals surface area contributed by atoms with E-state index < -0.39 is 4.92 Å². The van der Waals surface area contributed by atoms with Gasteiger partial charge in [0.05, 0.1) is 37.4 Å². The first-order chi connectivity index (χ1) is 15.5. The standard InChI is InChI=1S/C23H26N4O5/c1-31-17-4-6-20-18(12-17)19(13-24-20)15-7-9-26(10-8-15)14-23(28)25-21-5-3-16(27(29)30)11-22(21)32-2/h3-6,11-13,15,24H,7-10,14H2,1-2H3,(H,25,28). The number of amides is 1. The van der Waals surface area contributed by atoms with E-state index >= 15 is 0 Å². The third-order valence-corrected chi connectivity index (χ3v) is 5.99. The number of carbonyl (C=O) groups excluding carboxylic acids is 1. The van der Waals surface area contributed by atoms with E-state index in [4.69, 9.17) is 9.47 Å². The van der Waals surface area contributed by atoms with Crippen LogP contribution in [0.2, 0.25) is 0 Å². The number of H-pyrrole nitrogens is 1. The van der Waals surface area contributed by atoms with Crippen LogP contribution < -0.4 is 14.8 Å². The van der Waals surface area contributed by atoms with E-state index in [1.807, 2.05) is 12.1 Å². The number of nitro groups is 1. The van der Waals surface area contributed by atoms with Crippen LogP contribution in [-0.4, -0.2) is 54.6 Å². The molecule has 9 nitrogen and oxygen atoms in total. The number of carbonyl (C=O) groups is 1. The van der Waals surface area contributed by atoms with Crippen molar-refractivity contribution in [1.29, 1.82) is 0 Å². The molecule has 2 heterocycles. The van der Waals surface area contributed by atoms with E-state index in [0.29, 0.717) is 11.6 Å². The number of likely N-dealkylation sites (tertiary alicyclic amines) is 1. The molecule has 2 aromatic carbocycles. The van der Waals surface area contributed by atoms with Crippen molar-refractivity contribution in [3.05, 3.63) is 58.3 Å². The lowest BCUT2D eigenvalue weighted by molar-refractivity contribution is -0.384. The lowest BCUT2D eigenvalue weighted by Crippen LogP contribution is -2.38. The Kier molecular flexibility index (Phi) is 6.27. The van der Waals surface area contributed by atoms with Gasteiger partial charge >= 0.3 is 0 Å². The number of aromatic amines is 1. The second kappa shape index (κ2) is 9.27. The molecule has 0 aliphatic carbocycles. The number of hydrogen-bond donors (Lipinski definition) is 2. The van der Waals surface area contributed by atoms with Gasteiger partial charge in [-0.3, -0.25) is 19.8 Å². The normalized spacial score (nSPS) is 14.9. The van der Waals surface area contributed by atoms with E-state index in [-0.39, 0.29) is 23.9 Å². The average molecular weight is 438 g/mol. The second-order valence-corrected chi connectivity index (χ2v) is 7.90. The van der Waals surface area contributed by atoms with Gasteiger partial charge in [0.25, 0.3) is 5.69 Å². The number of methoxy groups -OCH3 is 2. The molecule has 0 saturated carbocycles. The van der Waals surface area contributed by atoms with E-state index in [1.54, 1.807) is 7.11 Å². The average Bonchev–Trinajstić information content (AvgIpc) is 3.22. The molecular weight excluding hydrogens is 412 g/mol. The topological polar surface area (TPSA) is 110 Å². The molecule has 2 N–H and O–H groups in total. The zero-order valence-corrected chi connectivity index (χ0v) is 18.1. The smallest absolute Gasteiger partial charge is 0.273 e. The fraction of sp³-hybridized carbons (Fsp3) is 0.348. The number of piperidine rings is 1. The molecular formula is C23H26N4O5. The minimum atomic E-state index is -0.498. The van der Waals surface area contributed by atoms with E-state index in [9.17, 15) is 14.9 Å². The summed E-state index contributed by atoms with van der Waals surface area (Å²) in [5.74, 6) is 1.35. The Labute approximate surface area is 185 Å². The fourth-order valence-electron chi connectivity index (χ4n) is 4.28. The molecule has 3 aromatic rings. The van der Waals surface area contributed by atoms with Crippen LogP contribution in [0.25, 0.3) is 10.9 Å². The lowest BCUT2D eigenvalue weighted by atomic mass is 9.89. The number of fused-ring (bicyclic) bond motifs is 1. The summed E-state index contributed by atoms with van der Waals surface area (Å²) in [5, 5.41) is 14.9. The molecule has 1 aliphatic rings. The number of ether oxygens (including phenoxy) is 2. The van der Waals surface area contributed by atoms with Gasteiger partial charge in [0.2, 0.25) is 5.91 Å². The minimum absolute atomic E-state index is 0.0863. The van der Waals surface area contributed by atoms with Gasteiger partial charge in [-0.05, 0) is 61.7 Å². The van der Waals surface area contributed by atoms with Crippen molar-refractivity contribution in [3.63, 3.8) is 0 Å². The largest absolute Gasteiger partial charge is 0.497 e. The Hall–Kier alpha value is -3.59. The van der Waals surface area contributed by atoms with Crippen LogP contribution in [0.5, 0.6) is 11.5 Å². The number of aromatic nitrogens is 1. The van der Waals surface area contributed by atoms with Crippen molar-refractivity contribution in [2.24, 2.45) is 0 Å². The summed E-state index contributed by atoms with van der Waals surface area (Å²) in [4.78, 5) is 28.5. The molecule has 0 bridgehead atoms. The van der Waals surface area contributed by atoms with Gasteiger partial charge in [-0.25, -0.2) is 0 Å². The number of nitrogens with zero attached hydrogens (tertiary/aromatic N) is 2. The number of non-ortho nitro benzene ring substituents is 1. The van der Waals surface area contributed by atoms with Gasteiger partial charge < -0.3 is 19.8 Å². The lowest BCUT2D eigenvalue weighted by Gasteiger charge is -2.31. The Balaban J connectivity index is 1.35. The summed E-state index contributed by atoms with van der Waals surface area (Å²) in [6.07, 6.45) is 3.99. The first-order valence-corrected chi connectivity index (χ1v) is 10.5. The van der Waals surface area contributed by atoms with E-state index in [1.165, 1.54) is 36.3 Å². The molecule has 168 valence electrons. The summed E-state index contributed by atoms with van der Waals surface area (Å²) < 4.78 is 10.6. The van der Waals surface area contributed by atoms with Crippen LogP contribution in [0.3, 0.4) is 0 Å². The summed E-state index contributed by atoms with van der Waals surface area (Å²) in [6.45, 7) is 1.88. The molecule has 0 atom stereocenters. The third-order valence-electron chi connectivity index (χ3n) is 5.99. The molecule has 32 heavy (non-hydrogen) atoms. The van der Waals surface area contributed by atoms with Crippen LogP contribution in [0, 0.1) is 10.1 Å². The van der Waals surface area contributed by atoms with Crippen LogP contribution in [0.15, 0.2) is 42.6 Å². The van der Waals surface area contributed by atoms with Gasteiger partial charge in [-0.1, -0.05) is 0 Å². The highest BCUT2D eigenvalue weighted by Gasteiger charge is 2.24. The van der Waals surface area contributed by atoms with Crippen LogP contribution in [0.4, 0.5) is 11.4 Å². The summed E-state index contributed by atoms with van der Waals surface area (Å²) in [6, 6.07) is 10.2. The van der Waals surface area contributed by atoms with Crippen molar-refractivity contribution in [3.8, 4) is 11.5 Å². The first kappa shape index (κ1) is 21.6. The zero-order chi connectivity index (χ0) is 22.7. The van der Waals surface area contributed by atoms with Crippen molar-refractivity contribution in [2.75, 3.05) is 39.2 Å². The van der Waals surface area contributed by atoms with Gasteiger partial charge in [0.15, 0.2) is 0 Å². The fourth-order valence-corrected chi connectivity index (χ4v) is 4.28. The summed E-state index contributed by atoms with van der Waals surface area (Å²) in [7, 11) is 3.09. The quantitative estimate of drug-likeness (QED) is 0.428. The van der Waals surface area contributed by atoms with E-state index in [2.05, 4.69) is 27.5 Å². The Morgan fingerprint density at radius 3 is 2.66 bits per heavy atom. The predicted octanol–water partition coefficient (Wildman–Crippen LogP) is 3.91. The molecule has 1 fully saturated rings. The molecule has 0 unspecified atom stereocenters. The maximum absolute atomic E-state index is 12.6. The summed E-state index contributed by atoms with van der Waals surface area (Å²) >= 11 is 0. The highest BCUT2D eigenvalue weighted by Crippen LogP contribution is 2.35. The van der Waals surface area contributed by atoms with Crippen LogP contribution in [0.1, 0.15) is 24.3 Å². The molecule has 4 rings (SSSR count). The molecule has 0 radical (unpaired) electrons. The molecule has 0 spiro atoms. The number of nitro benzene ring substituents is 1. The highest BCUT2D eigenvalue weighted by atomic mass is 16.6. The van der Waals surface area contributed by atoms with Crippen molar-refractivity contribution < 1.29 is 19.2 Å². The number of hydrogen-bond acceptors (Lipinski definition) is 6. The first-order valence-electron chi connectivity index (χ1n) is 10.5. The number of benzene rings is 2.